The number of aromatic nitrogens is 4. The third kappa shape index (κ3) is 2.37. The summed E-state index contributed by atoms with van der Waals surface area (Å²) < 4.78 is 1.70. The lowest BCUT2D eigenvalue weighted by Gasteiger charge is -2.24. The van der Waals surface area contributed by atoms with Crippen LogP contribution in [0.2, 0.25) is 0 Å². The second kappa shape index (κ2) is 5.50. The van der Waals surface area contributed by atoms with Crippen LogP contribution in [0.3, 0.4) is 0 Å². The fraction of sp³-hybridized carbons (Fsp3) is 0.353. The maximum absolute atomic E-state index is 4.32. The molecule has 0 bridgehead atoms. The van der Waals surface area contributed by atoms with Crippen molar-refractivity contribution in [2.75, 3.05) is 13.1 Å². The highest BCUT2D eigenvalue weighted by atomic mass is 15.3. The van der Waals surface area contributed by atoms with Gasteiger partial charge >= 0.3 is 0 Å². The van der Waals surface area contributed by atoms with Gasteiger partial charge in [0, 0.05) is 24.0 Å². The second-order valence-electron chi connectivity index (χ2n) is 5.89. The van der Waals surface area contributed by atoms with Gasteiger partial charge in [-0.25, -0.2) is 9.50 Å². The van der Waals surface area contributed by atoms with Crippen molar-refractivity contribution in [1.29, 1.82) is 0 Å². The molecule has 0 radical (unpaired) electrons. The number of nitrogens with zero attached hydrogens (tertiary/aromatic N) is 5. The number of fused-ring (bicyclic) bond motifs is 1. The molecular weight excluding hydrogens is 274 g/mol. The van der Waals surface area contributed by atoms with Gasteiger partial charge in [-0.15, -0.1) is 0 Å². The van der Waals surface area contributed by atoms with Crippen LogP contribution < -0.4 is 0 Å². The lowest BCUT2D eigenvalue weighted by Crippen LogP contribution is -2.23. The third-order valence-corrected chi connectivity index (χ3v) is 4.55. The van der Waals surface area contributed by atoms with Crippen molar-refractivity contribution in [3.8, 4) is 11.1 Å². The summed E-state index contributed by atoms with van der Waals surface area (Å²) in [7, 11) is 0. The van der Waals surface area contributed by atoms with E-state index in [1.807, 2.05) is 12.4 Å². The Morgan fingerprint density at radius 2 is 1.77 bits per heavy atom. The number of hydrogen-bond donors (Lipinski definition) is 0. The van der Waals surface area contributed by atoms with Crippen LogP contribution in [0.15, 0.2) is 43.0 Å². The minimum Gasteiger partial charge on any atom is -0.297 e. The van der Waals surface area contributed by atoms with Gasteiger partial charge in [0.15, 0.2) is 0 Å². The number of rotatable bonds is 3. The Hall–Kier alpha value is -2.27. The quantitative estimate of drug-likeness (QED) is 0.745. The molecule has 0 spiro atoms. The molecule has 0 amide bonds. The van der Waals surface area contributed by atoms with Crippen LogP contribution in [-0.2, 0) is 0 Å². The fourth-order valence-corrected chi connectivity index (χ4v) is 3.16. The molecule has 5 nitrogen and oxygen atoms in total. The maximum atomic E-state index is 4.32. The van der Waals surface area contributed by atoms with E-state index in [0.29, 0.717) is 11.8 Å². The maximum Gasteiger partial charge on any atom is 0.252 e. The largest absolute Gasteiger partial charge is 0.297 e. The minimum atomic E-state index is 0.493. The summed E-state index contributed by atoms with van der Waals surface area (Å²) in [5, 5.41) is 4.14. The Bertz CT molecular complexity index is 771. The van der Waals surface area contributed by atoms with Gasteiger partial charge in [0.2, 0.25) is 0 Å². The molecular formula is C17H19N5. The van der Waals surface area contributed by atoms with E-state index in [2.05, 4.69) is 51.2 Å². The topological polar surface area (TPSA) is 46.3 Å². The molecule has 22 heavy (non-hydrogen) atoms. The summed E-state index contributed by atoms with van der Waals surface area (Å²) in [6.45, 7) is 4.73. The fourth-order valence-electron chi connectivity index (χ4n) is 3.16. The second-order valence-corrected chi connectivity index (χ2v) is 5.89. The lowest BCUT2D eigenvalue weighted by atomic mass is 10.0. The highest BCUT2D eigenvalue weighted by molar-refractivity contribution is 5.62. The molecule has 1 atom stereocenters. The van der Waals surface area contributed by atoms with Gasteiger partial charge in [-0.3, -0.25) is 4.90 Å². The van der Waals surface area contributed by atoms with E-state index in [1.165, 1.54) is 37.8 Å². The van der Waals surface area contributed by atoms with Crippen molar-refractivity contribution in [2.24, 2.45) is 0 Å². The summed E-state index contributed by atoms with van der Waals surface area (Å²) in [4.78, 5) is 10.9. The average molecular weight is 293 g/mol. The Morgan fingerprint density at radius 3 is 2.55 bits per heavy atom. The first kappa shape index (κ1) is 13.4. The van der Waals surface area contributed by atoms with Gasteiger partial charge in [0.25, 0.3) is 5.78 Å². The van der Waals surface area contributed by atoms with Crippen molar-refractivity contribution in [2.45, 2.75) is 25.8 Å². The van der Waals surface area contributed by atoms with Crippen molar-refractivity contribution in [3.63, 3.8) is 0 Å². The summed E-state index contributed by atoms with van der Waals surface area (Å²) >= 11 is 0. The molecule has 1 aromatic carbocycles. The van der Waals surface area contributed by atoms with Crippen LogP contribution in [-0.4, -0.2) is 37.6 Å². The Balaban J connectivity index is 1.60. The Kier molecular flexibility index (Phi) is 3.35. The monoisotopic (exact) mass is 293 g/mol. The van der Waals surface area contributed by atoms with E-state index in [1.54, 1.807) is 4.52 Å². The first-order valence-electron chi connectivity index (χ1n) is 7.81. The first-order valence-corrected chi connectivity index (χ1v) is 7.81. The lowest BCUT2D eigenvalue weighted by molar-refractivity contribution is 0.263. The van der Waals surface area contributed by atoms with Crippen LogP contribution >= 0.6 is 0 Å². The SMILES string of the molecule is CC(c1ccc(-c2cnc3ncnn3c2)cc1)N1CCCC1. The van der Waals surface area contributed by atoms with Crippen molar-refractivity contribution >= 4 is 5.78 Å². The van der Waals surface area contributed by atoms with E-state index < -0.39 is 0 Å². The summed E-state index contributed by atoms with van der Waals surface area (Å²) in [6, 6.07) is 9.28. The van der Waals surface area contributed by atoms with Gasteiger partial charge in [-0.05, 0) is 44.0 Å². The van der Waals surface area contributed by atoms with Gasteiger partial charge in [0.05, 0.1) is 0 Å². The Labute approximate surface area is 129 Å². The third-order valence-electron chi connectivity index (χ3n) is 4.55. The van der Waals surface area contributed by atoms with Gasteiger partial charge in [0.1, 0.15) is 6.33 Å². The van der Waals surface area contributed by atoms with E-state index in [-0.39, 0.29) is 0 Å². The molecule has 0 saturated carbocycles. The van der Waals surface area contributed by atoms with E-state index in [9.17, 15) is 0 Å². The zero-order valence-electron chi connectivity index (χ0n) is 12.7. The van der Waals surface area contributed by atoms with Crippen molar-refractivity contribution in [1.82, 2.24) is 24.5 Å². The zero-order chi connectivity index (χ0) is 14.9. The predicted octanol–water partition coefficient (Wildman–Crippen LogP) is 2.95. The highest BCUT2D eigenvalue weighted by Gasteiger charge is 2.19. The zero-order valence-corrected chi connectivity index (χ0v) is 12.7. The molecule has 112 valence electrons. The van der Waals surface area contributed by atoms with Crippen LogP contribution in [0.5, 0.6) is 0 Å². The van der Waals surface area contributed by atoms with Gasteiger partial charge in [-0.1, -0.05) is 24.3 Å². The highest BCUT2D eigenvalue weighted by Crippen LogP contribution is 2.26. The van der Waals surface area contributed by atoms with E-state index >= 15 is 0 Å². The average Bonchev–Trinajstić information content (AvgIpc) is 3.25. The van der Waals surface area contributed by atoms with Gasteiger partial charge in [-0.2, -0.15) is 10.1 Å². The summed E-state index contributed by atoms with van der Waals surface area (Å²) in [5.74, 6) is 0.628. The number of hydrogen-bond acceptors (Lipinski definition) is 4. The standard InChI is InChI=1S/C17H19N5/c1-13(21-8-2-3-9-21)14-4-6-15(7-5-14)16-10-18-17-19-12-20-22(17)11-16/h4-7,10-13H,2-3,8-9H2,1H3. The molecule has 1 aliphatic rings. The van der Waals surface area contributed by atoms with Crippen LogP contribution in [0.25, 0.3) is 16.9 Å². The van der Waals surface area contributed by atoms with Crippen LogP contribution in [0.1, 0.15) is 31.4 Å². The summed E-state index contributed by atoms with van der Waals surface area (Å²) in [6.07, 6.45) is 7.99. The first-order chi connectivity index (χ1) is 10.8. The normalized spacial score (nSPS) is 17.1. The molecule has 3 aromatic rings. The van der Waals surface area contributed by atoms with Crippen LogP contribution in [0, 0.1) is 0 Å². The molecule has 1 fully saturated rings. The van der Waals surface area contributed by atoms with Crippen LogP contribution in [0.4, 0.5) is 0 Å². The van der Waals surface area contributed by atoms with E-state index in [4.69, 9.17) is 0 Å². The van der Waals surface area contributed by atoms with Crippen molar-refractivity contribution < 1.29 is 0 Å². The van der Waals surface area contributed by atoms with Gasteiger partial charge < -0.3 is 0 Å². The molecule has 3 heterocycles. The molecule has 5 heteroatoms. The molecule has 1 aliphatic heterocycles. The number of benzene rings is 1. The Morgan fingerprint density at radius 1 is 1.00 bits per heavy atom. The smallest absolute Gasteiger partial charge is 0.252 e. The molecule has 0 N–H and O–H groups in total. The molecule has 0 aliphatic carbocycles. The minimum absolute atomic E-state index is 0.493. The van der Waals surface area contributed by atoms with E-state index in [0.717, 1.165) is 11.1 Å². The van der Waals surface area contributed by atoms with Crippen molar-refractivity contribution in [3.05, 3.63) is 48.5 Å². The molecule has 1 unspecified atom stereocenters. The molecule has 1 saturated heterocycles. The summed E-state index contributed by atoms with van der Waals surface area (Å²) in [5.41, 5.74) is 3.58. The molecule has 2 aromatic heterocycles. The predicted molar refractivity (Wildman–Crippen MR) is 85.4 cm³/mol. The molecule has 4 rings (SSSR count). The number of likely N-dealkylation sites (tertiary alicyclic amines) is 1.